The molecule has 0 aliphatic rings. The third kappa shape index (κ3) is 3.08. The molecule has 0 aliphatic heterocycles. The normalized spacial score (nSPS) is 13.6. The van der Waals surface area contributed by atoms with Crippen LogP contribution in [0.4, 0.5) is 26.3 Å². The van der Waals surface area contributed by atoms with Gasteiger partial charge in [-0.3, -0.25) is 0 Å². The summed E-state index contributed by atoms with van der Waals surface area (Å²) < 4.78 is 79.8. The second-order valence-electron chi connectivity index (χ2n) is 4.10. The third-order valence-electron chi connectivity index (χ3n) is 2.24. The van der Waals surface area contributed by atoms with Gasteiger partial charge in [0.2, 0.25) is 0 Å². The van der Waals surface area contributed by atoms with E-state index in [9.17, 15) is 26.3 Å². The molecular weight excluding hydrogens is 262 g/mol. The molecule has 1 nitrogen and oxygen atoms in total. The second-order valence-corrected chi connectivity index (χ2v) is 4.10. The number of alkyl halides is 6. The zero-order valence-electron chi connectivity index (χ0n) is 9.49. The monoisotopic (exact) mass is 272 g/mol. The number of hydrogen-bond acceptors (Lipinski definition) is 1. The van der Waals surface area contributed by atoms with Gasteiger partial charge in [0.25, 0.3) is 0 Å². The van der Waals surface area contributed by atoms with E-state index in [1.165, 1.54) is 6.07 Å². The first kappa shape index (κ1) is 14.7. The smallest absolute Gasteiger partial charge is 0.427 e. The molecule has 7 heteroatoms. The molecule has 0 aliphatic carbocycles. The van der Waals surface area contributed by atoms with Gasteiger partial charge in [-0.2, -0.15) is 26.3 Å². The first-order valence-electron chi connectivity index (χ1n) is 4.87. The summed E-state index contributed by atoms with van der Waals surface area (Å²) in [6.45, 7) is 1.33. The van der Waals surface area contributed by atoms with Gasteiger partial charge in [0, 0.05) is 0 Å². The minimum absolute atomic E-state index is 0.667. The van der Waals surface area contributed by atoms with E-state index in [2.05, 4.69) is 4.74 Å². The number of hydrogen-bond donors (Lipinski definition) is 0. The van der Waals surface area contributed by atoms with Crippen molar-refractivity contribution in [2.24, 2.45) is 0 Å². The molecule has 0 heterocycles. The highest BCUT2D eigenvalue weighted by atomic mass is 19.4. The molecule has 0 spiro atoms. The zero-order valence-corrected chi connectivity index (χ0v) is 9.49. The van der Waals surface area contributed by atoms with Gasteiger partial charge < -0.3 is 4.74 Å². The zero-order chi connectivity index (χ0) is 14.2. The van der Waals surface area contributed by atoms with Crippen LogP contribution in [-0.2, 0) is 6.18 Å². The summed E-state index contributed by atoms with van der Waals surface area (Å²) in [4.78, 5) is 0. The van der Waals surface area contributed by atoms with E-state index in [4.69, 9.17) is 0 Å². The van der Waals surface area contributed by atoms with Crippen LogP contribution in [0, 0.1) is 0 Å². The van der Waals surface area contributed by atoms with Gasteiger partial charge in [0.15, 0.2) is 5.60 Å². The van der Waals surface area contributed by atoms with Crippen molar-refractivity contribution >= 4 is 0 Å². The van der Waals surface area contributed by atoms with Crippen molar-refractivity contribution in [2.45, 2.75) is 31.8 Å². The lowest BCUT2D eigenvalue weighted by Crippen LogP contribution is -2.44. The van der Waals surface area contributed by atoms with Crippen molar-refractivity contribution in [3.8, 4) is 5.75 Å². The molecule has 0 saturated heterocycles. The first-order chi connectivity index (χ1) is 7.95. The van der Waals surface area contributed by atoms with Gasteiger partial charge in [-0.25, -0.2) is 0 Å². The Hall–Kier alpha value is -1.40. The lowest BCUT2D eigenvalue weighted by Gasteiger charge is -2.30. The lowest BCUT2D eigenvalue weighted by atomic mass is 10.1. The predicted octanol–water partition coefficient (Wildman–Crippen LogP) is 4.43. The SMILES string of the molecule is CC(C)(Oc1ccccc1C(F)(F)F)C(F)(F)F. The number of para-hydroxylation sites is 1. The highest BCUT2D eigenvalue weighted by Gasteiger charge is 2.50. The maximum Gasteiger partial charge on any atom is 0.427 e. The quantitative estimate of drug-likeness (QED) is 0.724. The van der Waals surface area contributed by atoms with Crippen molar-refractivity contribution in [1.29, 1.82) is 0 Å². The number of halogens is 6. The number of benzene rings is 1. The molecule has 0 atom stereocenters. The van der Waals surface area contributed by atoms with Gasteiger partial charge in [-0.15, -0.1) is 0 Å². The van der Waals surface area contributed by atoms with Crippen molar-refractivity contribution in [3.05, 3.63) is 29.8 Å². The van der Waals surface area contributed by atoms with E-state index in [-0.39, 0.29) is 0 Å². The molecule has 0 fully saturated rings. The molecule has 0 radical (unpaired) electrons. The van der Waals surface area contributed by atoms with Crippen LogP contribution in [0.15, 0.2) is 24.3 Å². The Labute approximate surface area is 99.4 Å². The fraction of sp³-hybridized carbons (Fsp3) is 0.455. The summed E-state index contributed by atoms with van der Waals surface area (Å²) in [5.74, 6) is -0.840. The molecule has 1 aromatic rings. The molecule has 0 unspecified atom stereocenters. The van der Waals surface area contributed by atoms with Gasteiger partial charge in [-0.1, -0.05) is 12.1 Å². The maximum absolute atomic E-state index is 12.6. The van der Waals surface area contributed by atoms with Crippen LogP contribution in [0.2, 0.25) is 0 Å². The summed E-state index contributed by atoms with van der Waals surface area (Å²) in [6.07, 6.45) is -9.54. The lowest BCUT2D eigenvalue weighted by molar-refractivity contribution is -0.236. The van der Waals surface area contributed by atoms with Crippen LogP contribution in [-0.4, -0.2) is 11.8 Å². The summed E-state index contributed by atoms with van der Waals surface area (Å²) in [6, 6.07) is 3.78. The van der Waals surface area contributed by atoms with E-state index in [1.54, 1.807) is 0 Å². The van der Waals surface area contributed by atoms with Crippen molar-refractivity contribution in [2.75, 3.05) is 0 Å². The van der Waals surface area contributed by atoms with Crippen LogP contribution in [0.3, 0.4) is 0 Å². The highest BCUT2D eigenvalue weighted by Crippen LogP contribution is 2.40. The Morgan fingerprint density at radius 2 is 1.39 bits per heavy atom. The van der Waals surface area contributed by atoms with Crippen molar-refractivity contribution < 1.29 is 31.1 Å². The molecule has 0 N–H and O–H groups in total. The minimum atomic E-state index is -4.77. The Morgan fingerprint density at radius 1 is 0.889 bits per heavy atom. The Bertz CT molecular complexity index is 418. The Balaban J connectivity index is 3.14. The van der Waals surface area contributed by atoms with Crippen LogP contribution in [0.5, 0.6) is 5.75 Å². The number of ether oxygens (including phenoxy) is 1. The van der Waals surface area contributed by atoms with Gasteiger partial charge in [-0.05, 0) is 26.0 Å². The summed E-state index contributed by atoms with van der Waals surface area (Å²) in [5.41, 5.74) is -3.93. The van der Waals surface area contributed by atoms with Crippen LogP contribution < -0.4 is 4.74 Å². The fourth-order valence-corrected chi connectivity index (χ4v) is 1.12. The molecule has 102 valence electrons. The van der Waals surface area contributed by atoms with Gasteiger partial charge in [0.1, 0.15) is 5.75 Å². The summed E-state index contributed by atoms with van der Waals surface area (Å²) in [5, 5.41) is 0. The Kier molecular flexibility index (Phi) is 3.56. The van der Waals surface area contributed by atoms with Crippen LogP contribution >= 0.6 is 0 Å². The predicted molar refractivity (Wildman–Crippen MR) is 52.2 cm³/mol. The van der Waals surface area contributed by atoms with Crippen molar-refractivity contribution in [1.82, 2.24) is 0 Å². The molecule has 0 saturated carbocycles. The average molecular weight is 272 g/mol. The van der Waals surface area contributed by atoms with Crippen molar-refractivity contribution in [3.63, 3.8) is 0 Å². The van der Waals surface area contributed by atoms with E-state index in [0.717, 1.165) is 12.1 Å². The van der Waals surface area contributed by atoms with E-state index in [1.807, 2.05) is 0 Å². The molecule has 0 aromatic heterocycles. The minimum Gasteiger partial charge on any atom is -0.478 e. The van der Waals surface area contributed by atoms with Crippen LogP contribution in [0.1, 0.15) is 19.4 Å². The van der Waals surface area contributed by atoms with Gasteiger partial charge in [0.05, 0.1) is 5.56 Å². The molecule has 1 rings (SSSR count). The molecule has 0 bridgehead atoms. The molecular formula is C11H10F6O. The van der Waals surface area contributed by atoms with E-state index in [0.29, 0.717) is 19.9 Å². The molecule has 0 amide bonds. The average Bonchev–Trinajstić information content (AvgIpc) is 2.14. The van der Waals surface area contributed by atoms with E-state index < -0.39 is 29.3 Å². The summed E-state index contributed by atoms with van der Waals surface area (Å²) in [7, 11) is 0. The largest absolute Gasteiger partial charge is 0.478 e. The first-order valence-corrected chi connectivity index (χ1v) is 4.87. The topological polar surface area (TPSA) is 9.23 Å². The standard InChI is InChI=1S/C11H10F6O/c1-9(2,11(15,16)17)18-8-6-4-3-5-7(8)10(12,13)14/h3-6H,1-2H3. The highest BCUT2D eigenvalue weighted by molar-refractivity contribution is 5.36. The summed E-state index contributed by atoms with van der Waals surface area (Å²) >= 11 is 0. The molecule has 18 heavy (non-hydrogen) atoms. The van der Waals surface area contributed by atoms with E-state index >= 15 is 0 Å². The maximum atomic E-state index is 12.6. The second kappa shape index (κ2) is 4.37. The Morgan fingerprint density at radius 3 is 1.83 bits per heavy atom. The fourth-order valence-electron chi connectivity index (χ4n) is 1.12. The third-order valence-corrected chi connectivity index (χ3v) is 2.24. The molecule has 1 aromatic carbocycles. The van der Waals surface area contributed by atoms with Crippen LogP contribution in [0.25, 0.3) is 0 Å². The van der Waals surface area contributed by atoms with Gasteiger partial charge >= 0.3 is 12.4 Å². The number of rotatable bonds is 2.